The number of hydrogen-bond donors (Lipinski definition) is 0. The third-order valence-electron chi connectivity index (χ3n) is 20.7. The average molecular weight is 1440 g/mol. The van der Waals surface area contributed by atoms with Gasteiger partial charge in [-0.25, -0.2) is 29.9 Å². The topological polar surface area (TPSA) is 117 Å². The molecule has 0 radical (unpaired) electrons. The molecule has 6 heterocycles. The van der Waals surface area contributed by atoms with Crippen LogP contribution in [-0.4, -0.2) is 29.9 Å². The number of furan rings is 3. The fourth-order valence-corrected chi connectivity index (χ4v) is 15.1. The molecule has 0 spiro atoms. The largest absolute Gasteiger partial charge is 0.456 e. The van der Waals surface area contributed by atoms with Crippen molar-refractivity contribution in [3.05, 3.63) is 388 Å². The summed E-state index contributed by atoms with van der Waals surface area (Å²) in [5.41, 5.74) is 29.4. The van der Waals surface area contributed by atoms with Crippen molar-refractivity contribution in [3.63, 3.8) is 0 Å². The summed E-state index contributed by atoms with van der Waals surface area (Å²) in [7, 11) is 0. The minimum Gasteiger partial charge on any atom is -0.456 e. The summed E-state index contributed by atoms with van der Waals surface area (Å²) in [5, 5.41) is 7.83. The van der Waals surface area contributed by atoms with Crippen LogP contribution in [0.2, 0.25) is 0 Å². The number of para-hydroxylation sites is 4. The van der Waals surface area contributed by atoms with Gasteiger partial charge in [0.1, 0.15) is 33.5 Å². The molecule has 22 rings (SSSR count). The first-order valence-corrected chi connectivity index (χ1v) is 37.1. The molecule has 0 saturated heterocycles. The van der Waals surface area contributed by atoms with Crippen LogP contribution < -0.4 is 0 Å². The van der Waals surface area contributed by atoms with E-state index in [1.54, 1.807) is 0 Å². The third-order valence-corrected chi connectivity index (χ3v) is 20.7. The molecule has 0 amide bonds. The van der Waals surface area contributed by atoms with Crippen LogP contribution in [0, 0.1) is 0 Å². The standard InChI is InChI=1S/C38H24N2O.2C32H20N2O.CH4/c1-3-9-27(10-4-1)37-32-21-19-30(24-34(32)39-38(40-37)28-11-5-2-6-12-28)26-17-15-25(16-18-26)29-20-22-36-33(23-29)31-13-7-8-14-35(31)41-36;1-3-10-21(11-4-1)30-31(22-12-5-2-6-13-22)34-32-24(15-9-16-27(32)33-30)23-18-19-26-25-14-7-8-17-28(25)35-29(26)20-23;1-3-9-21(10-4-1)31-32(22-11-5-2-6-12-22)34-28-19-23(16-18-27(28)33-31)24-15-17-26-25-13-7-8-14-29(25)35-30(26)20-24;/h1-24H;2*1-20H;1H4. The van der Waals surface area contributed by atoms with Crippen LogP contribution in [0.3, 0.4) is 0 Å². The van der Waals surface area contributed by atoms with Crippen molar-refractivity contribution in [1.29, 1.82) is 0 Å². The van der Waals surface area contributed by atoms with Crippen LogP contribution in [0.25, 0.3) is 211 Å². The van der Waals surface area contributed by atoms with Gasteiger partial charge >= 0.3 is 0 Å². The van der Waals surface area contributed by atoms with Crippen LogP contribution in [0.1, 0.15) is 7.43 Å². The summed E-state index contributed by atoms with van der Waals surface area (Å²) in [5.74, 6) is 0.728. The molecule has 6 aromatic heterocycles. The molecule has 528 valence electrons. The van der Waals surface area contributed by atoms with E-state index in [0.29, 0.717) is 0 Å². The van der Waals surface area contributed by atoms with Crippen LogP contribution in [0.4, 0.5) is 0 Å². The lowest BCUT2D eigenvalue weighted by molar-refractivity contribution is 0.668. The van der Waals surface area contributed by atoms with Crippen molar-refractivity contribution in [2.75, 3.05) is 0 Å². The van der Waals surface area contributed by atoms with Gasteiger partial charge in [0.2, 0.25) is 0 Å². The van der Waals surface area contributed by atoms with Gasteiger partial charge in [-0.1, -0.05) is 311 Å². The van der Waals surface area contributed by atoms with Crippen molar-refractivity contribution in [3.8, 4) is 112 Å². The molecule has 16 aromatic carbocycles. The lowest BCUT2D eigenvalue weighted by Crippen LogP contribution is -1.97. The first-order chi connectivity index (χ1) is 55.0. The Morgan fingerprint density at radius 1 is 0.161 bits per heavy atom. The molecule has 9 heteroatoms. The maximum Gasteiger partial charge on any atom is 0.160 e. The lowest BCUT2D eigenvalue weighted by Gasteiger charge is -2.13. The summed E-state index contributed by atoms with van der Waals surface area (Å²) < 4.78 is 18.3. The number of fused-ring (bicyclic) bond motifs is 12. The van der Waals surface area contributed by atoms with E-state index in [2.05, 4.69) is 218 Å². The summed E-state index contributed by atoms with van der Waals surface area (Å²) in [6.07, 6.45) is 0. The van der Waals surface area contributed by atoms with Crippen LogP contribution in [-0.2, 0) is 0 Å². The number of aromatic nitrogens is 6. The molecule has 0 saturated carbocycles. The molecular weight excluding hydrogens is 1370 g/mol. The number of nitrogens with zero attached hydrogens (tertiary/aromatic N) is 6. The smallest absolute Gasteiger partial charge is 0.160 e. The fourth-order valence-electron chi connectivity index (χ4n) is 15.1. The van der Waals surface area contributed by atoms with Gasteiger partial charge in [0.05, 0.1) is 56.1 Å². The van der Waals surface area contributed by atoms with E-state index in [0.717, 1.165) is 200 Å². The van der Waals surface area contributed by atoms with E-state index in [-0.39, 0.29) is 7.43 Å². The molecule has 0 N–H and O–H groups in total. The number of rotatable bonds is 10. The van der Waals surface area contributed by atoms with Gasteiger partial charge in [-0.05, 0) is 124 Å². The van der Waals surface area contributed by atoms with Crippen molar-refractivity contribution in [1.82, 2.24) is 29.9 Å². The van der Waals surface area contributed by atoms with Gasteiger partial charge in [0.15, 0.2) is 5.82 Å². The minimum atomic E-state index is 0. The van der Waals surface area contributed by atoms with Crippen LogP contribution in [0.15, 0.2) is 401 Å². The molecule has 0 aliphatic carbocycles. The molecule has 0 bridgehead atoms. The van der Waals surface area contributed by atoms with Gasteiger partial charge in [-0.2, -0.15) is 0 Å². The van der Waals surface area contributed by atoms with E-state index < -0.39 is 0 Å². The summed E-state index contributed by atoms with van der Waals surface area (Å²) in [6.45, 7) is 0. The van der Waals surface area contributed by atoms with E-state index in [9.17, 15) is 0 Å². The highest BCUT2D eigenvalue weighted by molar-refractivity contribution is 6.09. The highest BCUT2D eigenvalue weighted by Crippen LogP contribution is 2.41. The number of hydrogen-bond acceptors (Lipinski definition) is 9. The van der Waals surface area contributed by atoms with E-state index in [1.807, 2.05) is 170 Å². The zero-order valence-electron chi connectivity index (χ0n) is 59.9. The normalized spacial score (nSPS) is 11.3. The highest BCUT2D eigenvalue weighted by atomic mass is 16.3. The second-order valence-electron chi connectivity index (χ2n) is 27.5. The maximum atomic E-state index is 6.16. The molecule has 0 fully saturated rings. The third kappa shape index (κ3) is 12.9. The van der Waals surface area contributed by atoms with E-state index in [1.165, 1.54) is 11.1 Å². The Hall–Kier alpha value is -15.1. The Morgan fingerprint density at radius 2 is 0.509 bits per heavy atom. The molecule has 0 aliphatic rings. The summed E-state index contributed by atoms with van der Waals surface area (Å²) in [6, 6.07) is 133. The summed E-state index contributed by atoms with van der Waals surface area (Å²) >= 11 is 0. The average Bonchev–Trinajstić information content (AvgIpc) is 1.56. The van der Waals surface area contributed by atoms with Crippen LogP contribution >= 0.6 is 0 Å². The molecule has 0 aliphatic heterocycles. The Bertz CT molecular complexity index is 7190. The molecule has 22 aromatic rings. The zero-order valence-corrected chi connectivity index (χ0v) is 59.9. The minimum absolute atomic E-state index is 0. The predicted octanol–water partition coefficient (Wildman–Crippen LogP) is 27.9. The fraction of sp³-hybridized carbons (Fsp3) is 0.00971. The van der Waals surface area contributed by atoms with E-state index >= 15 is 0 Å². The number of benzene rings is 16. The van der Waals surface area contributed by atoms with Crippen molar-refractivity contribution in [2.45, 2.75) is 7.43 Å². The van der Waals surface area contributed by atoms with Gasteiger partial charge in [-0.3, -0.25) is 0 Å². The van der Waals surface area contributed by atoms with Gasteiger partial charge in [0, 0.05) is 76.6 Å². The van der Waals surface area contributed by atoms with Crippen molar-refractivity contribution >= 4 is 98.8 Å². The van der Waals surface area contributed by atoms with E-state index in [4.69, 9.17) is 43.2 Å². The van der Waals surface area contributed by atoms with Gasteiger partial charge in [-0.15, -0.1) is 0 Å². The Kier molecular flexibility index (Phi) is 17.6. The molecular formula is C103H68N6O3. The first-order valence-electron chi connectivity index (χ1n) is 37.1. The Morgan fingerprint density at radius 3 is 1.04 bits per heavy atom. The van der Waals surface area contributed by atoms with Gasteiger partial charge < -0.3 is 13.3 Å². The van der Waals surface area contributed by atoms with Crippen molar-refractivity contribution < 1.29 is 13.3 Å². The lowest BCUT2D eigenvalue weighted by atomic mass is 9.97. The Labute approximate surface area is 645 Å². The van der Waals surface area contributed by atoms with Crippen LogP contribution in [0.5, 0.6) is 0 Å². The molecule has 9 nitrogen and oxygen atoms in total. The van der Waals surface area contributed by atoms with Gasteiger partial charge in [0.25, 0.3) is 0 Å². The quantitative estimate of drug-likeness (QED) is 0.132. The predicted molar refractivity (Wildman–Crippen MR) is 462 cm³/mol. The monoisotopic (exact) mass is 1440 g/mol. The van der Waals surface area contributed by atoms with Crippen molar-refractivity contribution in [2.24, 2.45) is 0 Å². The second kappa shape index (κ2) is 29.3. The second-order valence-corrected chi connectivity index (χ2v) is 27.5. The molecule has 0 unspecified atom stereocenters. The maximum absolute atomic E-state index is 6.16. The first kappa shape index (κ1) is 67.5. The zero-order chi connectivity index (χ0) is 73.6. The molecule has 112 heavy (non-hydrogen) atoms. The summed E-state index contributed by atoms with van der Waals surface area (Å²) in [4.78, 5) is 30.5. The molecule has 0 atom stereocenters. The Balaban J connectivity index is 0.000000113. The highest BCUT2D eigenvalue weighted by Gasteiger charge is 2.20. The SMILES string of the molecule is C.c1ccc(-c2nc(-c3ccccc3)c3ccc(-c4ccc(-c5ccc6oc7ccccc7c6c5)cc4)cc3n2)cc1.c1ccc(-c2nc3ccc(-c4ccc5c(c4)oc4ccccc45)cc3nc2-c2ccccc2)cc1.c1ccc(-c2nc3cccc(-c4ccc5c(c4)oc4ccccc45)c3nc2-c2ccccc2)cc1.